The molecule has 0 aromatic carbocycles. The zero-order valence-corrected chi connectivity index (χ0v) is 8.96. The molecule has 2 rings (SSSR count). The van der Waals surface area contributed by atoms with Crippen LogP contribution in [0.3, 0.4) is 0 Å². The minimum Gasteiger partial charge on any atom is -0.376 e. The second-order valence-corrected chi connectivity index (χ2v) is 4.39. The molecule has 0 spiro atoms. The Morgan fingerprint density at radius 2 is 2.31 bits per heavy atom. The van der Waals surface area contributed by atoms with Gasteiger partial charge in [0.25, 0.3) is 0 Å². The van der Waals surface area contributed by atoms with E-state index in [1.807, 2.05) is 12.3 Å². The van der Waals surface area contributed by atoms with Crippen molar-refractivity contribution in [2.24, 2.45) is 5.92 Å². The molecule has 0 N–H and O–H groups in total. The maximum atomic E-state index is 5.54. The van der Waals surface area contributed by atoms with Gasteiger partial charge in [-0.1, -0.05) is 0 Å². The SMILES string of the molecule is Brc1cncc(COCC2CC2)c1. The van der Waals surface area contributed by atoms with Gasteiger partial charge in [0, 0.05) is 23.5 Å². The Kier molecular flexibility index (Phi) is 2.96. The standard InChI is InChI=1S/C10H12BrNO/c11-10-3-9(4-12-5-10)7-13-6-8-1-2-8/h3-5,8H,1-2,6-7H2. The minimum atomic E-state index is 0.683. The van der Waals surface area contributed by atoms with E-state index in [1.165, 1.54) is 12.8 Å². The molecule has 1 aliphatic rings. The Bertz CT molecular complexity index is 286. The van der Waals surface area contributed by atoms with Gasteiger partial charge in [-0.25, -0.2) is 0 Å². The molecule has 1 heterocycles. The number of pyridine rings is 1. The summed E-state index contributed by atoms with van der Waals surface area (Å²) in [5, 5.41) is 0. The lowest BCUT2D eigenvalue weighted by atomic mass is 10.3. The average molecular weight is 242 g/mol. The molecule has 2 nitrogen and oxygen atoms in total. The lowest BCUT2D eigenvalue weighted by Crippen LogP contribution is -1.97. The average Bonchev–Trinajstić information content (AvgIpc) is 2.88. The summed E-state index contributed by atoms with van der Waals surface area (Å²) in [6.07, 6.45) is 6.31. The zero-order chi connectivity index (χ0) is 9.10. The summed E-state index contributed by atoms with van der Waals surface area (Å²) in [7, 11) is 0. The summed E-state index contributed by atoms with van der Waals surface area (Å²) in [4.78, 5) is 4.07. The number of rotatable bonds is 4. The lowest BCUT2D eigenvalue weighted by Gasteiger charge is -2.02. The minimum absolute atomic E-state index is 0.683. The molecule has 13 heavy (non-hydrogen) atoms. The van der Waals surface area contributed by atoms with Crippen LogP contribution in [0.2, 0.25) is 0 Å². The van der Waals surface area contributed by atoms with E-state index in [1.54, 1.807) is 6.20 Å². The Morgan fingerprint density at radius 1 is 1.46 bits per heavy atom. The number of hydrogen-bond donors (Lipinski definition) is 0. The third-order valence-corrected chi connectivity index (χ3v) is 2.51. The molecule has 1 aromatic rings. The van der Waals surface area contributed by atoms with E-state index in [0.29, 0.717) is 6.61 Å². The van der Waals surface area contributed by atoms with Crippen molar-refractivity contribution in [3.8, 4) is 0 Å². The molecular weight excluding hydrogens is 230 g/mol. The highest BCUT2D eigenvalue weighted by molar-refractivity contribution is 9.10. The Balaban J connectivity index is 1.79. The van der Waals surface area contributed by atoms with Gasteiger partial charge in [-0.3, -0.25) is 4.98 Å². The van der Waals surface area contributed by atoms with Crippen LogP contribution in [0.25, 0.3) is 0 Å². The summed E-state index contributed by atoms with van der Waals surface area (Å²) in [6, 6.07) is 2.04. The highest BCUT2D eigenvalue weighted by atomic mass is 79.9. The molecule has 1 fully saturated rings. The highest BCUT2D eigenvalue weighted by Crippen LogP contribution is 2.29. The molecule has 0 radical (unpaired) electrons. The van der Waals surface area contributed by atoms with Crippen LogP contribution in [-0.2, 0) is 11.3 Å². The van der Waals surface area contributed by atoms with Crippen LogP contribution < -0.4 is 0 Å². The Labute approximate surface area is 86.5 Å². The van der Waals surface area contributed by atoms with Gasteiger partial charge in [0.05, 0.1) is 6.61 Å². The summed E-state index contributed by atoms with van der Waals surface area (Å²) in [5.41, 5.74) is 1.13. The molecule has 0 aliphatic heterocycles. The van der Waals surface area contributed by atoms with Crippen molar-refractivity contribution in [3.63, 3.8) is 0 Å². The van der Waals surface area contributed by atoms with Crippen molar-refractivity contribution < 1.29 is 4.74 Å². The van der Waals surface area contributed by atoms with Gasteiger partial charge in [0.15, 0.2) is 0 Å². The van der Waals surface area contributed by atoms with E-state index in [4.69, 9.17) is 4.74 Å². The predicted molar refractivity (Wildman–Crippen MR) is 54.3 cm³/mol. The largest absolute Gasteiger partial charge is 0.376 e. The first-order valence-electron chi connectivity index (χ1n) is 4.52. The van der Waals surface area contributed by atoms with Crippen LogP contribution in [0.4, 0.5) is 0 Å². The molecule has 0 amide bonds. The molecule has 1 aromatic heterocycles. The molecule has 0 atom stereocenters. The maximum absolute atomic E-state index is 5.54. The van der Waals surface area contributed by atoms with Crippen molar-refractivity contribution in [1.82, 2.24) is 4.98 Å². The van der Waals surface area contributed by atoms with Crippen molar-refractivity contribution in [2.75, 3.05) is 6.61 Å². The number of aromatic nitrogens is 1. The lowest BCUT2D eigenvalue weighted by molar-refractivity contribution is 0.111. The van der Waals surface area contributed by atoms with E-state index >= 15 is 0 Å². The van der Waals surface area contributed by atoms with Crippen LogP contribution in [0.1, 0.15) is 18.4 Å². The molecule has 0 saturated heterocycles. The van der Waals surface area contributed by atoms with Crippen LogP contribution in [0.15, 0.2) is 22.9 Å². The van der Waals surface area contributed by atoms with Crippen LogP contribution >= 0.6 is 15.9 Å². The molecular formula is C10H12BrNO. The van der Waals surface area contributed by atoms with E-state index in [-0.39, 0.29) is 0 Å². The van der Waals surface area contributed by atoms with E-state index in [2.05, 4.69) is 20.9 Å². The van der Waals surface area contributed by atoms with Gasteiger partial charge >= 0.3 is 0 Å². The fourth-order valence-corrected chi connectivity index (χ4v) is 1.58. The Hall–Kier alpha value is -0.410. The second-order valence-electron chi connectivity index (χ2n) is 3.47. The molecule has 1 saturated carbocycles. The number of ether oxygens (including phenoxy) is 1. The summed E-state index contributed by atoms with van der Waals surface area (Å²) >= 11 is 3.38. The predicted octanol–water partition coefficient (Wildman–Crippen LogP) is 2.77. The van der Waals surface area contributed by atoms with Gasteiger partial charge in [-0.05, 0) is 46.3 Å². The van der Waals surface area contributed by atoms with Gasteiger partial charge in [-0.15, -0.1) is 0 Å². The van der Waals surface area contributed by atoms with E-state index in [9.17, 15) is 0 Å². The van der Waals surface area contributed by atoms with Gasteiger partial charge in [-0.2, -0.15) is 0 Å². The smallest absolute Gasteiger partial charge is 0.0732 e. The summed E-state index contributed by atoms with van der Waals surface area (Å²) in [5.74, 6) is 0.833. The Morgan fingerprint density at radius 3 is 3.00 bits per heavy atom. The molecule has 70 valence electrons. The first-order chi connectivity index (χ1) is 6.34. The van der Waals surface area contributed by atoms with E-state index < -0.39 is 0 Å². The monoisotopic (exact) mass is 241 g/mol. The third-order valence-electron chi connectivity index (χ3n) is 2.08. The van der Waals surface area contributed by atoms with Crippen molar-refractivity contribution in [1.29, 1.82) is 0 Å². The number of hydrogen-bond acceptors (Lipinski definition) is 2. The number of halogens is 1. The van der Waals surface area contributed by atoms with Crippen LogP contribution in [0.5, 0.6) is 0 Å². The highest BCUT2D eigenvalue weighted by Gasteiger charge is 2.20. The van der Waals surface area contributed by atoms with Gasteiger partial charge in [0.2, 0.25) is 0 Å². The topological polar surface area (TPSA) is 22.1 Å². The van der Waals surface area contributed by atoms with Crippen molar-refractivity contribution in [2.45, 2.75) is 19.4 Å². The van der Waals surface area contributed by atoms with Crippen molar-refractivity contribution in [3.05, 3.63) is 28.5 Å². The van der Waals surface area contributed by atoms with Crippen LogP contribution in [0, 0.1) is 5.92 Å². The van der Waals surface area contributed by atoms with Crippen LogP contribution in [-0.4, -0.2) is 11.6 Å². The fourth-order valence-electron chi connectivity index (χ4n) is 1.16. The third kappa shape index (κ3) is 3.08. The quantitative estimate of drug-likeness (QED) is 0.809. The van der Waals surface area contributed by atoms with E-state index in [0.717, 1.165) is 22.6 Å². The molecule has 0 unspecified atom stereocenters. The first kappa shape index (κ1) is 9.16. The zero-order valence-electron chi connectivity index (χ0n) is 7.37. The first-order valence-corrected chi connectivity index (χ1v) is 5.31. The molecule has 1 aliphatic carbocycles. The number of nitrogens with zero attached hydrogens (tertiary/aromatic N) is 1. The summed E-state index contributed by atoms with van der Waals surface area (Å²) < 4.78 is 6.55. The maximum Gasteiger partial charge on any atom is 0.0732 e. The fraction of sp³-hybridized carbons (Fsp3) is 0.500. The molecule has 3 heteroatoms. The normalized spacial score (nSPS) is 16.1. The van der Waals surface area contributed by atoms with Crippen molar-refractivity contribution >= 4 is 15.9 Å². The van der Waals surface area contributed by atoms with Gasteiger partial charge < -0.3 is 4.74 Å². The summed E-state index contributed by atoms with van der Waals surface area (Å²) in [6.45, 7) is 1.59. The second kappa shape index (κ2) is 4.20. The molecule has 0 bridgehead atoms. The van der Waals surface area contributed by atoms with Gasteiger partial charge in [0.1, 0.15) is 0 Å².